The number of nitrogen functional groups attached to an aromatic ring is 1. The number of rotatable bonds is 3. The highest BCUT2D eigenvalue weighted by atomic mass is 15.1. The van der Waals surface area contributed by atoms with Gasteiger partial charge in [-0.1, -0.05) is 13.3 Å². The number of aromatic nitrogens is 1. The number of pyridine rings is 1. The second kappa shape index (κ2) is 5.39. The van der Waals surface area contributed by atoms with Gasteiger partial charge in [0.25, 0.3) is 0 Å². The Morgan fingerprint density at radius 1 is 1.35 bits per heavy atom. The molecular formula is C14H23N3. The maximum absolute atomic E-state index is 5.73. The van der Waals surface area contributed by atoms with Gasteiger partial charge in [-0.15, -0.1) is 0 Å². The number of anilines is 2. The molecule has 1 aliphatic carbocycles. The fourth-order valence-electron chi connectivity index (χ4n) is 2.81. The Morgan fingerprint density at radius 3 is 2.65 bits per heavy atom. The molecule has 3 nitrogen and oxygen atoms in total. The third-order valence-electron chi connectivity index (χ3n) is 4.11. The van der Waals surface area contributed by atoms with Crippen LogP contribution in [0.1, 0.15) is 39.0 Å². The summed E-state index contributed by atoms with van der Waals surface area (Å²) in [5.74, 6) is 1.55. The largest absolute Gasteiger partial charge is 0.384 e. The van der Waals surface area contributed by atoms with Gasteiger partial charge in [0.15, 0.2) is 0 Å². The summed E-state index contributed by atoms with van der Waals surface area (Å²) in [7, 11) is 2.17. The Hall–Kier alpha value is -1.25. The first-order chi connectivity index (χ1) is 8.20. The first kappa shape index (κ1) is 12.2. The molecule has 0 aliphatic heterocycles. The van der Waals surface area contributed by atoms with Crippen molar-refractivity contribution < 1.29 is 0 Å². The normalized spacial score (nSPS) is 24.6. The molecule has 0 spiro atoms. The van der Waals surface area contributed by atoms with Gasteiger partial charge in [-0.3, -0.25) is 0 Å². The summed E-state index contributed by atoms with van der Waals surface area (Å²) in [5.41, 5.74) is 6.92. The van der Waals surface area contributed by atoms with Crippen molar-refractivity contribution in [2.45, 2.75) is 45.1 Å². The van der Waals surface area contributed by atoms with Gasteiger partial charge in [-0.25, -0.2) is 4.98 Å². The van der Waals surface area contributed by atoms with Gasteiger partial charge >= 0.3 is 0 Å². The average molecular weight is 233 g/mol. The van der Waals surface area contributed by atoms with Gasteiger partial charge in [0.2, 0.25) is 0 Å². The summed E-state index contributed by atoms with van der Waals surface area (Å²) in [4.78, 5) is 6.41. The molecule has 1 aliphatic rings. The van der Waals surface area contributed by atoms with Crippen molar-refractivity contribution in [1.82, 2.24) is 4.98 Å². The maximum Gasteiger partial charge on any atom is 0.125 e. The van der Waals surface area contributed by atoms with E-state index in [1.165, 1.54) is 37.8 Å². The molecule has 0 bridgehead atoms. The van der Waals surface area contributed by atoms with Gasteiger partial charge < -0.3 is 10.6 Å². The van der Waals surface area contributed by atoms with E-state index in [0.717, 1.165) is 5.92 Å². The molecule has 0 radical (unpaired) electrons. The standard InChI is InChI=1S/C14H23N3/c1-3-11-4-6-12(7-5-11)17(2)13-8-9-16-14(15)10-13/h8-12H,3-7H2,1-2H3,(H2,15,16). The molecule has 0 atom stereocenters. The quantitative estimate of drug-likeness (QED) is 0.872. The SMILES string of the molecule is CCC1CCC(N(C)c2ccnc(N)c2)CC1. The van der Waals surface area contributed by atoms with Crippen LogP contribution < -0.4 is 10.6 Å². The van der Waals surface area contributed by atoms with E-state index in [4.69, 9.17) is 5.73 Å². The molecule has 0 saturated heterocycles. The van der Waals surface area contributed by atoms with Crippen LogP contribution in [0, 0.1) is 5.92 Å². The first-order valence-corrected chi connectivity index (χ1v) is 6.65. The van der Waals surface area contributed by atoms with Crippen molar-refractivity contribution in [2.24, 2.45) is 5.92 Å². The lowest BCUT2D eigenvalue weighted by molar-refractivity contribution is 0.313. The highest BCUT2D eigenvalue weighted by Crippen LogP contribution is 2.31. The summed E-state index contributed by atoms with van der Waals surface area (Å²) in [5, 5.41) is 0. The van der Waals surface area contributed by atoms with E-state index >= 15 is 0 Å². The Kier molecular flexibility index (Phi) is 3.87. The van der Waals surface area contributed by atoms with Crippen LogP contribution in [0.15, 0.2) is 18.3 Å². The lowest BCUT2D eigenvalue weighted by atomic mass is 9.84. The van der Waals surface area contributed by atoms with Crippen molar-refractivity contribution in [3.63, 3.8) is 0 Å². The second-order valence-electron chi connectivity index (χ2n) is 5.13. The molecule has 0 unspecified atom stereocenters. The molecule has 1 heterocycles. The predicted octanol–water partition coefficient (Wildman–Crippen LogP) is 3.07. The smallest absolute Gasteiger partial charge is 0.125 e. The van der Waals surface area contributed by atoms with Crippen molar-refractivity contribution >= 4 is 11.5 Å². The lowest BCUT2D eigenvalue weighted by Crippen LogP contribution is -2.35. The van der Waals surface area contributed by atoms with E-state index in [9.17, 15) is 0 Å². The molecule has 2 N–H and O–H groups in total. The summed E-state index contributed by atoms with van der Waals surface area (Å²) in [6.07, 6.45) is 8.46. The van der Waals surface area contributed by atoms with Crippen LogP contribution in [-0.4, -0.2) is 18.1 Å². The van der Waals surface area contributed by atoms with Crippen LogP contribution in [0.4, 0.5) is 11.5 Å². The highest BCUT2D eigenvalue weighted by molar-refractivity contribution is 5.52. The fraction of sp³-hybridized carbons (Fsp3) is 0.643. The van der Waals surface area contributed by atoms with E-state index in [0.29, 0.717) is 11.9 Å². The monoisotopic (exact) mass is 233 g/mol. The van der Waals surface area contributed by atoms with Crippen LogP contribution in [0.2, 0.25) is 0 Å². The molecule has 1 fully saturated rings. The lowest BCUT2D eigenvalue weighted by Gasteiger charge is -2.35. The Balaban J connectivity index is 1.99. The Morgan fingerprint density at radius 2 is 2.06 bits per heavy atom. The topological polar surface area (TPSA) is 42.2 Å². The Labute approximate surface area is 104 Å². The van der Waals surface area contributed by atoms with Crippen molar-refractivity contribution in [2.75, 3.05) is 17.7 Å². The summed E-state index contributed by atoms with van der Waals surface area (Å²) in [6.45, 7) is 2.30. The van der Waals surface area contributed by atoms with Crippen molar-refractivity contribution in [3.8, 4) is 0 Å². The number of hydrogen-bond donors (Lipinski definition) is 1. The average Bonchev–Trinajstić information content (AvgIpc) is 2.38. The van der Waals surface area contributed by atoms with Crippen LogP contribution in [-0.2, 0) is 0 Å². The van der Waals surface area contributed by atoms with Crippen LogP contribution >= 0.6 is 0 Å². The molecule has 3 heteroatoms. The van der Waals surface area contributed by atoms with Gasteiger partial charge in [0.05, 0.1) is 0 Å². The van der Waals surface area contributed by atoms with Gasteiger partial charge in [0, 0.05) is 31.0 Å². The van der Waals surface area contributed by atoms with Gasteiger partial charge in [-0.2, -0.15) is 0 Å². The minimum atomic E-state index is 0.608. The molecule has 0 aromatic carbocycles. The predicted molar refractivity (Wildman–Crippen MR) is 73.1 cm³/mol. The van der Waals surface area contributed by atoms with Crippen LogP contribution in [0.25, 0.3) is 0 Å². The van der Waals surface area contributed by atoms with E-state index < -0.39 is 0 Å². The first-order valence-electron chi connectivity index (χ1n) is 6.65. The van der Waals surface area contributed by atoms with Crippen molar-refractivity contribution in [1.29, 1.82) is 0 Å². The van der Waals surface area contributed by atoms with Crippen LogP contribution in [0.5, 0.6) is 0 Å². The number of hydrogen-bond acceptors (Lipinski definition) is 3. The molecule has 1 aromatic rings. The molecule has 2 rings (SSSR count). The number of nitrogens with zero attached hydrogens (tertiary/aromatic N) is 2. The summed E-state index contributed by atoms with van der Waals surface area (Å²) in [6, 6.07) is 4.67. The summed E-state index contributed by atoms with van der Waals surface area (Å²) >= 11 is 0. The Bertz CT molecular complexity index is 356. The maximum atomic E-state index is 5.73. The van der Waals surface area contributed by atoms with E-state index in [1.54, 1.807) is 6.20 Å². The summed E-state index contributed by atoms with van der Waals surface area (Å²) < 4.78 is 0. The van der Waals surface area contributed by atoms with Gasteiger partial charge in [-0.05, 0) is 37.7 Å². The third-order valence-corrected chi connectivity index (χ3v) is 4.11. The third kappa shape index (κ3) is 2.90. The molecule has 0 amide bonds. The zero-order valence-corrected chi connectivity index (χ0v) is 10.9. The zero-order valence-electron chi connectivity index (χ0n) is 10.9. The van der Waals surface area contributed by atoms with E-state index in [-0.39, 0.29) is 0 Å². The van der Waals surface area contributed by atoms with E-state index in [1.807, 2.05) is 12.1 Å². The highest BCUT2D eigenvalue weighted by Gasteiger charge is 2.23. The second-order valence-corrected chi connectivity index (χ2v) is 5.13. The number of nitrogens with two attached hydrogens (primary N) is 1. The molecule has 1 aromatic heterocycles. The molecule has 1 saturated carbocycles. The molecule has 94 valence electrons. The van der Waals surface area contributed by atoms with E-state index in [2.05, 4.69) is 23.9 Å². The zero-order chi connectivity index (χ0) is 12.3. The molecule has 17 heavy (non-hydrogen) atoms. The molecular weight excluding hydrogens is 210 g/mol. The fourth-order valence-corrected chi connectivity index (χ4v) is 2.81. The van der Waals surface area contributed by atoms with Crippen molar-refractivity contribution in [3.05, 3.63) is 18.3 Å². The van der Waals surface area contributed by atoms with Crippen LogP contribution in [0.3, 0.4) is 0 Å². The minimum absolute atomic E-state index is 0.608. The minimum Gasteiger partial charge on any atom is -0.384 e. The van der Waals surface area contributed by atoms with Gasteiger partial charge in [0.1, 0.15) is 5.82 Å².